The van der Waals surface area contributed by atoms with Crippen molar-refractivity contribution in [3.63, 3.8) is 0 Å². The Balaban J connectivity index is 5.05. The summed E-state index contributed by atoms with van der Waals surface area (Å²) in [6.07, 6.45) is -1.00. The summed E-state index contributed by atoms with van der Waals surface area (Å²) < 4.78 is 32.7. The minimum absolute atomic E-state index is 0.0572. The van der Waals surface area contributed by atoms with Crippen LogP contribution in [0.15, 0.2) is 0 Å². The molecule has 0 aromatic heterocycles. The highest BCUT2D eigenvalue weighted by Gasteiger charge is 2.32. The first-order valence-electron chi connectivity index (χ1n) is 14.7. The van der Waals surface area contributed by atoms with Crippen molar-refractivity contribution in [3.05, 3.63) is 0 Å². The van der Waals surface area contributed by atoms with Gasteiger partial charge in [0.15, 0.2) is 0 Å². The fourth-order valence-electron chi connectivity index (χ4n) is 3.07. The molecule has 0 aromatic rings. The maximum atomic E-state index is 11.9. The Kier molecular flexibility index (Phi) is 20.8. The quantitative estimate of drug-likeness (QED) is 0.110. The number of ether oxygens (including phenoxy) is 6. The Labute approximate surface area is 245 Å². The molecule has 0 aromatic carbocycles. The van der Waals surface area contributed by atoms with E-state index in [9.17, 15) is 29.7 Å². The summed E-state index contributed by atoms with van der Waals surface area (Å²) in [4.78, 5) is 35.6. The third kappa shape index (κ3) is 17.0. The van der Waals surface area contributed by atoms with Gasteiger partial charge in [-0.05, 0) is 25.7 Å². The molecule has 0 aliphatic carbocycles. The van der Waals surface area contributed by atoms with E-state index in [-0.39, 0.29) is 70.6 Å². The zero-order chi connectivity index (χ0) is 31.4. The number of carbonyl (C=O) groups excluding carboxylic acids is 3. The molecule has 6 unspecified atom stereocenters. The fourth-order valence-corrected chi connectivity index (χ4v) is 3.07. The highest BCUT2D eigenvalue weighted by atomic mass is 16.6. The van der Waals surface area contributed by atoms with Gasteiger partial charge in [0.2, 0.25) is 0 Å². The van der Waals surface area contributed by atoms with Gasteiger partial charge in [0.1, 0.15) is 43.7 Å². The van der Waals surface area contributed by atoms with E-state index < -0.39 is 41.8 Å². The minimum atomic E-state index is -1.11. The van der Waals surface area contributed by atoms with Crippen molar-refractivity contribution in [2.24, 2.45) is 17.8 Å². The van der Waals surface area contributed by atoms with E-state index in [2.05, 4.69) is 0 Å². The number of carbonyl (C=O) groups is 3. The van der Waals surface area contributed by atoms with Crippen LogP contribution in [0.2, 0.25) is 0 Å². The van der Waals surface area contributed by atoms with Crippen molar-refractivity contribution in [1.29, 1.82) is 0 Å². The summed E-state index contributed by atoms with van der Waals surface area (Å²) in [7, 11) is 0. The van der Waals surface area contributed by atoms with E-state index in [0.29, 0.717) is 25.7 Å². The number of esters is 3. The van der Waals surface area contributed by atoms with Gasteiger partial charge in [-0.25, -0.2) is 0 Å². The van der Waals surface area contributed by atoms with E-state index in [1.54, 1.807) is 20.8 Å². The number of rotatable bonds is 24. The molecule has 0 aliphatic heterocycles. The first kappa shape index (κ1) is 39.2. The monoisotopic (exact) mass is 594 g/mol. The van der Waals surface area contributed by atoms with Crippen LogP contribution in [-0.2, 0) is 42.8 Å². The van der Waals surface area contributed by atoms with Crippen LogP contribution in [0.5, 0.6) is 0 Å². The lowest BCUT2D eigenvalue weighted by atomic mass is 10.0. The average Bonchev–Trinajstić information content (AvgIpc) is 2.98. The minimum Gasteiger partial charge on any atom is -0.463 e. The van der Waals surface area contributed by atoms with Crippen molar-refractivity contribution in [2.75, 3.05) is 52.9 Å². The summed E-state index contributed by atoms with van der Waals surface area (Å²) in [5.74, 6) is -2.04. The lowest BCUT2D eigenvalue weighted by Crippen LogP contribution is -2.46. The normalized spacial score (nSPS) is 17.4. The molecule has 0 heterocycles. The zero-order valence-electron chi connectivity index (χ0n) is 26.0. The lowest BCUT2D eigenvalue weighted by Gasteiger charge is -2.34. The van der Waals surface area contributed by atoms with Crippen molar-refractivity contribution in [2.45, 2.75) is 98.1 Å². The van der Waals surface area contributed by atoms with Crippen LogP contribution < -0.4 is 0 Å². The largest absolute Gasteiger partial charge is 0.463 e. The molecule has 0 amide bonds. The molecule has 0 saturated carbocycles. The van der Waals surface area contributed by atoms with Crippen LogP contribution in [0.3, 0.4) is 0 Å². The van der Waals surface area contributed by atoms with Gasteiger partial charge in [0.25, 0.3) is 0 Å². The fraction of sp³-hybridized carbons (Fsp3) is 0.897. The van der Waals surface area contributed by atoms with Crippen molar-refractivity contribution < 1.29 is 58.1 Å². The first-order valence-corrected chi connectivity index (χ1v) is 14.7. The maximum absolute atomic E-state index is 11.9. The number of hydrogen-bond acceptors (Lipinski definition) is 12. The molecule has 0 radical (unpaired) electrons. The van der Waals surface area contributed by atoms with Crippen LogP contribution in [0.4, 0.5) is 0 Å². The second-order valence-electron chi connectivity index (χ2n) is 10.7. The lowest BCUT2D eigenvalue weighted by molar-refractivity contribution is -0.175. The highest BCUT2D eigenvalue weighted by molar-refractivity contribution is 5.72. The molecule has 41 heavy (non-hydrogen) atoms. The molecule has 3 N–H and O–H groups in total. The predicted octanol–water partition coefficient (Wildman–Crippen LogP) is 2.04. The number of aliphatic hydroxyl groups excluding tert-OH is 3. The van der Waals surface area contributed by atoms with Gasteiger partial charge in [0.05, 0.1) is 50.8 Å². The predicted molar refractivity (Wildman–Crippen MR) is 150 cm³/mol. The van der Waals surface area contributed by atoms with Crippen LogP contribution in [0, 0.1) is 17.8 Å². The summed E-state index contributed by atoms with van der Waals surface area (Å²) in [5.41, 5.74) is -1.10. The third-order valence-electron chi connectivity index (χ3n) is 6.88. The maximum Gasteiger partial charge on any atom is 0.308 e. The molecule has 0 bridgehead atoms. The topological polar surface area (TPSA) is 167 Å². The van der Waals surface area contributed by atoms with E-state index in [1.807, 2.05) is 27.7 Å². The summed E-state index contributed by atoms with van der Waals surface area (Å²) >= 11 is 0. The molecule has 0 saturated heterocycles. The van der Waals surface area contributed by atoms with Gasteiger partial charge in [-0.1, -0.05) is 48.5 Å². The van der Waals surface area contributed by atoms with Gasteiger partial charge in [0, 0.05) is 0 Å². The Morgan fingerprint density at radius 2 is 0.878 bits per heavy atom. The van der Waals surface area contributed by atoms with Gasteiger partial charge in [-0.3, -0.25) is 14.4 Å². The highest BCUT2D eigenvalue weighted by Crippen LogP contribution is 2.19. The van der Waals surface area contributed by atoms with Gasteiger partial charge in [-0.15, -0.1) is 0 Å². The third-order valence-corrected chi connectivity index (χ3v) is 6.88. The molecular weight excluding hydrogens is 540 g/mol. The molecule has 12 heteroatoms. The number of aliphatic hydroxyl groups is 3. The Bertz CT molecular complexity index is 693. The Hall–Kier alpha value is -1.83. The standard InChI is InChI=1S/C29H54O12/c1-8-20(5)26(33)38-14-23(30)12-36-18-29(11-4,41-17-25(32)16-40-28(35)22(7)10-3)19-37-13-24(31)15-39-27(34)21(6)9-2/h20-25,30-32H,8-19H2,1-7H3. The van der Waals surface area contributed by atoms with Crippen LogP contribution in [0.1, 0.15) is 74.1 Å². The Morgan fingerprint density at radius 1 is 0.561 bits per heavy atom. The summed E-state index contributed by atoms with van der Waals surface area (Å²) in [6, 6.07) is 0. The molecular formula is C29H54O12. The zero-order valence-corrected chi connectivity index (χ0v) is 26.0. The average molecular weight is 595 g/mol. The second kappa shape index (κ2) is 21.8. The summed E-state index contributed by atoms with van der Waals surface area (Å²) in [6.45, 7) is 11.3. The molecule has 12 nitrogen and oxygen atoms in total. The van der Waals surface area contributed by atoms with E-state index in [0.717, 1.165) is 0 Å². The smallest absolute Gasteiger partial charge is 0.308 e. The van der Waals surface area contributed by atoms with Crippen molar-refractivity contribution >= 4 is 17.9 Å². The van der Waals surface area contributed by atoms with Gasteiger partial charge in [-0.2, -0.15) is 0 Å². The SMILES string of the molecule is CCC(C)C(=O)OCC(O)COCC(CC)(COCC(O)COC(=O)C(C)CC)OCC(O)COC(=O)C(C)CC. The number of hydrogen-bond donors (Lipinski definition) is 3. The molecule has 6 atom stereocenters. The van der Waals surface area contributed by atoms with E-state index in [4.69, 9.17) is 28.4 Å². The van der Waals surface area contributed by atoms with E-state index in [1.165, 1.54) is 0 Å². The molecule has 0 rings (SSSR count). The first-order chi connectivity index (χ1) is 19.3. The van der Waals surface area contributed by atoms with Crippen LogP contribution in [-0.4, -0.2) is 110 Å². The molecule has 242 valence electrons. The summed E-state index contributed by atoms with van der Waals surface area (Å²) in [5, 5.41) is 30.8. The van der Waals surface area contributed by atoms with Crippen LogP contribution in [0.25, 0.3) is 0 Å². The van der Waals surface area contributed by atoms with Crippen LogP contribution >= 0.6 is 0 Å². The van der Waals surface area contributed by atoms with Gasteiger partial charge < -0.3 is 43.7 Å². The molecule has 0 aliphatic rings. The van der Waals surface area contributed by atoms with Crippen molar-refractivity contribution in [1.82, 2.24) is 0 Å². The van der Waals surface area contributed by atoms with Crippen molar-refractivity contribution in [3.8, 4) is 0 Å². The van der Waals surface area contributed by atoms with Gasteiger partial charge >= 0.3 is 17.9 Å². The van der Waals surface area contributed by atoms with E-state index >= 15 is 0 Å². The second-order valence-corrected chi connectivity index (χ2v) is 10.7. The molecule has 0 spiro atoms. The molecule has 0 fully saturated rings. The Morgan fingerprint density at radius 3 is 1.17 bits per heavy atom.